The molecule has 0 saturated carbocycles. The molecule has 6 aromatic rings. The van der Waals surface area contributed by atoms with Gasteiger partial charge in [-0.25, -0.2) is 19.4 Å². The van der Waals surface area contributed by atoms with E-state index in [9.17, 15) is 24.0 Å². The second-order valence-electron chi connectivity index (χ2n) is 16.3. The molecular weight excluding hydrogens is 860 g/mol. The number of hydrogen-bond acceptors (Lipinski definition) is 10. The Morgan fingerprint density at radius 3 is 2.55 bits per heavy atom. The maximum Gasteiger partial charge on any atom is 0.322 e. The lowest BCUT2D eigenvalue weighted by atomic mass is 10.0. The van der Waals surface area contributed by atoms with Crippen molar-refractivity contribution in [2.75, 3.05) is 37.3 Å². The van der Waals surface area contributed by atoms with Gasteiger partial charge in [-0.15, -0.1) is 0 Å². The van der Waals surface area contributed by atoms with E-state index in [1.54, 1.807) is 35.2 Å². The third-order valence-electron chi connectivity index (χ3n) is 12.0. The standard InChI is InChI=1S/C49H49ClN10O6/c1-30-13-18-35(24-40(30)50)58(49(65)53-25-32-14-15-34-27-59(48(64)39(34)23-32)41(12-8-22-61)46(62)52-3)26-31(2)47(63)57-21-7-9-36(28-57)60-45-42(44(51)54-29-55-45)43(56-60)33-16-19-38(20-17-33)66-37-10-5-4-6-11-37/h4-6,10-11,13-20,22-24,29,36,41H,2,7-9,12,21,25-28H2,1,3H3,(H,52,62)(H,53,65)(H2,51,54,55). The third kappa shape index (κ3) is 9.45. The number of hydrogen-bond donors (Lipinski definition) is 3. The zero-order chi connectivity index (χ0) is 46.5. The highest BCUT2D eigenvalue weighted by Crippen LogP contribution is 2.36. The minimum absolute atomic E-state index is 0.0488. The van der Waals surface area contributed by atoms with Crippen molar-refractivity contribution in [2.45, 2.75) is 57.8 Å². The van der Waals surface area contributed by atoms with Crippen LogP contribution in [0, 0.1) is 6.92 Å². The number of nitrogen functional groups attached to an aromatic ring is 1. The summed E-state index contributed by atoms with van der Waals surface area (Å²) >= 11 is 6.55. The van der Waals surface area contributed by atoms with Crippen LogP contribution in [0.3, 0.4) is 0 Å². The molecule has 16 nitrogen and oxygen atoms in total. The average Bonchev–Trinajstić information content (AvgIpc) is 3.89. The maximum absolute atomic E-state index is 14.3. The first-order valence-electron chi connectivity index (χ1n) is 21.6. The molecule has 338 valence electrons. The first kappa shape index (κ1) is 45.0. The number of amides is 5. The molecule has 1 fully saturated rings. The Labute approximate surface area is 386 Å². The van der Waals surface area contributed by atoms with E-state index in [1.165, 1.54) is 23.2 Å². The van der Waals surface area contributed by atoms with Crippen molar-refractivity contribution in [3.05, 3.63) is 137 Å². The van der Waals surface area contributed by atoms with Gasteiger partial charge in [0, 0.05) is 67.1 Å². The predicted molar refractivity (Wildman–Crippen MR) is 251 cm³/mol. The molecule has 8 rings (SSSR count). The highest BCUT2D eigenvalue weighted by Gasteiger charge is 2.36. The lowest BCUT2D eigenvalue weighted by Gasteiger charge is -2.34. The van der Waals surface area contributed by atoms with E-state index in [0.29, 0.717) is 63.8 Å². The van der Waals surface area contributed by atoms with Crippen LogP contribution in [0.5, 0.6) is 11.5 Å². The number of urea groups is 1. The molecule has 2 unspecified atom stereocenters. The number of rotatable bonds is 15. The molecule has 66 heavy (non-hydrogen) atoms. The summed E-state index contributed by atoms with van der Waals surface area (Å²) in [5, 5.41) is 11.6. The Morgan fingerprint density at radius 1 is 1.03 bits per heavy atom. The van der Waals surface area contributed by atoms with Crippen molar-refractivity contribution in [2.24, 2.45) is 0 Å². The average molecular weight is 909 g/mol. The van der Waals surface area contributed by atoms with Crippen molar-refractivity contribution in [3.63, 3.8) is 0 Å². The smallest absolute Gasteiger partial charge is 0.322 e. The number of piperidine rings is 1. The fraction of sp³-hybridized carbons (Fsp3) is 0.265. The fourth-order valence-corrected chi connectivity index (χ4v) is 8.61. The quantitative estimate of drug-likeness (QED) is 0.0712. The molecule has 0 spiro atoms. The van der Waals surface area contributed by atoms with Crippen molar-refractivity contribution < 1.29 is 28.7 Å². The van der Waals surface area contributed by atoms with Gasteiger partial charge in [-0.3, -0.25) is 19.3 Å². The molecule has 0 bridgehead atoms. The molecule has 5 amide bonds. The number of likely N-dealkylation sites (N-methyl/N-ethyl adjacent to an activating group) is 1. The number of anilines is 2. The number of benzene rings is 4. The van der Waals surface area contributed by atoms with Gasteiger partial charge in [0.15, 0.2) is 5.65 Å². The predicted octanol–water partition coefficient (Wildman–Crippen LogP) is 7.02. The van der Waals surface area contributed by atoms with E-state index in [2.05, 4.69) is 27.2 Å². The van der Waals surface area contributed by atoms with Gasteiger partial charge in [-0.05, 0) is 97.5 Å². The van der Waals surface area contributed by atoms with Crippen LogP contribution in [0.15, 0.2) is 109 Å². The van der Waals surface area contributed by atoms with Crippen LogP contribution in [0.2, 0.25) is 5.02 Å². The summed E-state index contributed by atoms with van der Waals surface area (Å²) in [4.78, 5) is 79.2. The molecule has 2 aromatic heterocycles. The number of likely N-dealkylation sites (tertiary alicyclic amines) is 1. The zero-order valence-electron chi connectivity index (χ0n) is 36.6. The number of ether oxygens (including phenoxy) is 1. The Balaban J connectivity index is 0.970. The van der Waals surface area contributed by atoms with Gasteiger partial charge in [-0.1, -0.05) is 54.6 Å². The van der Waals surface area contributed by atoms with Crippen LogP contribution in [0.25, 0.3) is 22.3 Å². The number of aryl methyl sites for hydroxylation is 1. The van der Waals surface area contributed by atoms with Crippen LogP contribution >= 0.6 is 11.6 Å². The third-order valence-corrected chi connectivity index (χ3v) is 12.4. The number of fused-ring (bicyclic) bond motifs is 2. The number of nitrogens with zero attached hydrogens (tertiary/aromatic N) is 7. The van der Waals surface area contributed by atoms with Crippen LogP contribution in [-0.2, 0) is 27.5 Å². The first-order valence-corrected chi connectivity index (χ1v) is 22.0. The van der Waals surface area contributed by atoms with Gasteiger partial charge in [0.25, 0.3) is 11.8 Å². The molecule has 2 aliphatic heterocycles. The fourth-order valence-electron chi connectivity index (χ4n) is 8.43. The van der Waals surface area contributed by atoms with E-state index in [0.717, 1.165) is 35.1 Å². The van der Waals surface area contributed by atoms with Gasteiger partial charge in [0.05, 0.1) is 18.0 Å². The topological polar surface area (TPSA) is 198 Å². The Kier molecular flexibility index (Phi) is 13.4. The van der Waals surface area contributed by atoms with Crippen LogP contribution in [-0.4, -0.2) is 92.3 Å². The normalized spacial score (nSPS) is 15.0. The van der Waals surface area contributed by atoms with E-state index >= 15 is 0 Å². The molecule has 4 heterocycles. The molecular formula is C49H49ClN10O6. The number of nitrogens with two attached hydrogens (primary N) is 1. The Hall–Kier alpha value is -7.59. The first-order chi connectivity index (χ1) is 31.9. The second-order valence-corrected chi connectivity index (χ2v) is 16.7. The number of aldehydes is 1. The van der Waals surface area contributed by atoms with E-state index in [1.807, 2.05) is 72.3 Å². The number of para-hydroxylation sites is 1. The van der Waals surface area contributed by atoms with Gasteiger partial charge >= 0.3 is 6.03 Å². The number of carbonyl (C=O) groups is 5. The van der Waals surface area contributed by atoms with Crippen LogP contribution in [0.1, 0.15) is 58.8 Å². The second kappa shape index (κ2) is 19.7. The highest BCUT2D eigenvalue weighted by atomic mass is 35.5. The van der Waals surface area contributed by atoms with Crippen molar-refractivity contribution in [1.82, 2.24) is 40.2 Å². The maximum atomic E-state index is 14.3. The summed E-state index contributed by atoms with van der Waals surface area (Å²) in [6, 6.07) is 26.0. The summed E-state index contributed by atoms with van der Waals surface area (Å²) in [5.74, 6) is 0.662. The summed E-state index contributed by atoms with van der Waals surface area (Å²) < 4.78 is 7.82. The van der Waals surface area contributed by atoms with E-state index in [-0.39, 0.29) is 67.6 Å². The number of nitrogens with one attached hydrogen (secondary N) is 2. The molecule has 0 radical (unpaired) electrons. The lowest BCUT2D eigenvalue weighted by Crippen LogP contribution is -2.46. The summed E-state index contributed by atoms with van der Waals surface area (Å²) in [5.41, 5.74) is 11.7. The number of carbonyl (C=O) groups excluding carboxylic acids is 5. The van der Waals surface area contributed by atoms with Gasteiger partial charge in [-0.2, -0.15) is 5.10 Å². The van der Waals surface area contributed by atoms with E-state index in [4.69, 9.17) is 27.2 Å². The minimum Gasteiger partial charge on any atom is -0.457 e. The van der Waals surface area contributed by atoms with Gasteiger partial charge < -0.3 is 35.7 Å². The minimum atomic E-state index is -0.798. The van der Waals surface area contributed by atoms with Crippen molar-refractivity contribution >= 4 is 64.2 Å². The number of aromatic nitrogens is 4. The van der Waals surface area contributed by atoms with Crippen LogP contribution < -0.4 is 26.0 Å². The molecule has 0 aliphatic carbocycles. The summed E-state index contributed by atoms with van der Waals surface area (Å²) in [6.07, 6.45) is 3.86. The Bertz CT molecular complexity index is 2830. The molecule has 1 saturated heterocycles. The SMILES string of the molecule is C=C(CN(C(=O)NCc1ccc2c(c1)C(=O)N(C(CCC=O)C(=O)NC)C2)c1ccc(C)c(Cl)c1)C(=O)N1CCCC(n2nc(-c3ccc(Oc4ccccc4)cc3)c3c(N)ncnc32)C1. The Morgan fingerprint density at radius 2 is 1.80 bits per heavy atom. The van der Waals surface area contributed by atoms with Gasteiger partial charge in [0.1, 0.15) is 41.7 Å². The van der Waals surface area contributed by atoms with E-state index < -0.39 is 12.1 Å². The summed E-state index contributed by atoms with van der Waals surface area (Å²) in [6.45, 7) is 6.92. The van der Waals surface area contributed by atoms with Crippen molar-refractivity contribution in [1.29, 1.82) is 0 Å². The molecule has 4 aromatic carbocycles. The highest BCUT2D eigenvalue weighted by molar-refractivity contribution is 6.31. The van der Waals surface area contributed by atoms with Crippen LogP contribution in [0.4, 0.5) is 16.3 Å². The lowest BCUT2D eigenvalue weighted by molar-refractivity contribution is -0.129. The van der Waals surface area contributed by atoms with Crippen molar-refractivity contribution in [3.8, 4) is 22.8 Å². The van der Waals surface area contributed by atoms with Gasteiger partial charge in [0.2, 0.25) is 5.91 Å². The molecule has 4 N–H and O–H groups in total. The molecule has 17 heteroatoms. The molecule has 2 atom stereocenters. The zero-order valence-corrected chi connectivity index (χ0v) is 37.3. The molecule has 2 aliphatic rings. The largest absolute Gasteiger partial charge is 0.457 e. The number of halogens is 1. The summed E-state index contributed by atoms with van der Waals surface area (Å²) in [7, 11) is 1.49. The monoisotopic (exact) mass is 908 g/mol.